The molecular formula is C43H82O4. The molecule has 0 amide bonds. The molecule has 278 valence electrons. The smallest absolute Gasteiger partial charge is 0.306 e. The van der Waals surface area contributed by atoms with Gasteiger partial charge < -0.3 is 9.84 Å². The number of carbonyl (C=O) groups is 2. The third-order valence-corrected chi connectivity index (χ3v) is 9.74. The first-order valence-electron chi connectivity index (χ1n) is 21.2. The molecular weight excluding hydrogens is 580 g/mol. The van der Waals surface area contributed by atoms with Crippen molar-refractivity contribution < 1.29 is 19.4 Å². The first kappa shape index (κ1) is 45.7. The van der Waals surface area contributed by atoms with Gasteiger partial charge in [0.2, 0.25) is 0 Å². The summed E-state index contributed by atoms with van der Waals surface area (Å²) in [6.07, 6.45) is 48.1. The summed E-state index contributed by atoms with van der Waals surface area (Å²) >= 11 is 0. The highest BCUT2D eigenvalue weighted by molar-refractivity contribution is 5.69. The molecule has 0 aliphatic rings. The number of carboxylic acid groups (broad SMARTS) is 1. The van der Waals surface area contributed by atoms with Crippen molar-refractivity contribution in [2.75, 3.05) is 0 Å². The molecule has 0 bridgehead atoms. The van der Waals surface area contributed by atoms with Crippen molar-refractivity contribution in [3.8, 4) is 0 Å². The monoisotopic (exact) mass is 663 g/mol. The van der Waals surface area contributed by atoms with Crippen LogP contribution < -0.4 is 0 Å². The molecule has 0 heterocycles. The fourth-order valence-electron chi connectivity index (χ4n) is 6.59. The predicted molar refractivity (Wildman–Crippen MR) is 204 cm³/mol. The van der Waals surface area contributed by atoms with Crippen LogP contribution in [-0.2, 0) is 14.3 Å². The molecule has 0 saturated heterocycles. The zero-order valence-electron chi connectivity index (χ0n) is 31.9. The van der Waals surface area contributed by atoms with Gasteiger partial charge in [-0.3, -0.25) is 9.59 Å². The number of hydrogen-bond acceptors (Lipinski definition) is 3. The normalized spacial score (nSPS) is 12.2. The summed E-state index contributed by atoms with van der Waals surface area (Å²) in [5, 5.41) is 8.82. The maximum Gasteiger partial charge on any atom is 0.306 e. The van der Waals surface area contributed by atoms with Crippen LogP contribution in [0.5, 0.6) is 0 Å². The zero-order valence-corrected chi connectivity index (χ0v) is 31.9. The predicted octanol–water partition coefficient (Wildman–Crippen LogP) is 14.6. The van der Waals surface area contributed by atoms with Gasteiger partial charge in [-0.15, -0.1) is 0 Å². The lowest BCUT2D eigenvalue weighted by molar-refractivity contribution is -0.150. The van der Waals surface area contributed by atoms with Crippen LogP contribution in [0.15, 0.2) is 12.2 Å². The summed E-state index contributed by atoms with van der Waals surface area (Å²) in [7, 11) is 0. The lowest BCUT2D eigenvalue weighted by atomic mass is 10.0. The number of hydrogen-bond donors (Lipinski definition) is 1. The largest absolute Gasteiger partial charge is 0.481 e. The number of ether oxygens (including phenoxy) is 1. The molecule has 0 aliphatic carbocycles. The molecule has 0 radical (unpaired) electrons. The number of carboxylic acids is 1. The molecule has 4 heteroatoms. The molecule has 4 nitrogen and oxygen atoms in total. The van der Waals surface area contributed by atoms with E-state index in [0.29, 0.717) is 6.42 Å². The van der Waals surface area contributed by atoms with E-state index in [1.165, 1.54) is 154 Å². The Morgan fingerprint density at radius 1 is 0.447 bits per heavy atom. The third-order valence-electron chi connectivity index (χ3n) is 9.74. The Bertz CT molecular complexity index is 673. The Labute approximate surface area is 294 Å². The number of allylic oxidation sites excluding steroid dienone is 2. The third kappa shape index (κ3) is 39.0. The van der Waals surface area contributed by atoms with Gasteiger partial charge in [-0.05, 0) is 64.2 Å². The fraction of sp³-hybridized carbons (Fsp3) is 0.907. The van der Waals surface area contributed by atoms with Gasteiger partial charge in [0.25, 0.3) is 0 Å². The average Bonchev–Trinajstić information content (AvgIpc) is 3.05. The average molecular weight is 663 g/mol. The summed E-state index contributed by atoms with van der Waals surface area (Å²) in [4.78, 5) is 23.4. The van der Waals surface area contributed by atoms with Crippen LogP contribution in [0.3, 0.4) is 0 Å². The second kappa shape index (κ2) is 39.1. The maximum absolute atomic E-state index is 12.7. The van der Waals surface area contributed by atoms with E-state index in [9.17, 15) is 9.59 Å². The molecule has 0 spiro atoms. The lowest BCUT2D eigenvalue weighted by Crippen LogP contribution is -2.18. The fourth-order valence-corrected chi connectivity index (χ4v) is 6.59. The van der Waals surface area contributed by atoms with Gasteiger partial charge in [0.05, 0.1) is 0 Å². The van der Waals surface area contributed by atoms with Crippen molar-refractivity contribution in [2.24, 2.45) is 0 Å². The number of rotatable bonds is 39. The second-order valence-electron chi connectivity index (χ2n) is 14.5. The molecule has 0 saturated carbocycles. The summed E-state index contributed by atoms with van der Waals surface area (Å²) in [6, 6.07) is 0. The summed E-state index contributed by atoms with van der Waals surface area (Å²) in [6.45, 7) is 4.55. The molecule has 0 aliphatic heterocycles. The maximum atomic E-state index is 12.7. The first-order chi connectivity index (χ1) is 23.1. The highest BCUT2D eigenvalue weighted by Gasteiger charge is 2.14. The zero-order chi connectivity index (χ0) is 34.3. The highest BCUT2D eigenvalue weighted by atomic mass is 16.5. The van der Waals surface area contributed by atoms with Gasteiger partial charge in [0.15, 0.2) is 0 Å². The molecule has 1 atom stereocenters. The molecule has 1 N–H and O–H groups in total. The number of aliphatic carboxylic acids is 1. The summed E-state index contributed by atoms with van der Waals surface area (Å²) < 4.78 is 6.01. The van der Waals surface area contributed by atoms with E-state index in [0.717, 1.165) is 64.2 Å². The van der Waals surface area contributed by atoms with Crippen LogP contribution in [0.2, 0.25) is 0 Å². The Morgan fingerprint density at radius 3 is 1.15 bits per heavy atom. The highest BCUT2D eigenvalue weighted by Crippen LogP contribution is 2.19. The standard InChI is InChI=1S/C43H82O4/c1-3-5-7-9-11-13-15-16-17-18-19-20-21-22-23-25-27-32-36-40-43(46)47-41(38-34-30-28-31-35-39-42(44)45)37-33-29-26-24-14-12-10-8-6-4-2/h16-17,41H,3-15,18-40H2,1-2H3,(H,44,45)/b17-16-. The summed E-state index contributed by atoms with van der Waals surface area (Å²) in [5.74, 6) is -0.693. The van der Waals surface area contributed by atoms with Gasteiger partial charge in [0, 0.05) is 12.8 Å². The minimum absolute atomic E-state index is 0.00422. The minimum Gasteiger partial charge on any atom is -0.481 e. The van der Waals surface area contributed by atoms with Gasteiger partial charge in [0.1, 0.15) is 6.10 Å². The summed E-state index contributed by atoms with van der Waals surface area (Å²) in [5.41, 5.74) is 0. The van der Waals surface area contributed by atoms with Gasteiger partial charge >= 0.3 is 11.9 Å². The van der Waals surface area contributed by atoms with Crippen molar-refractivity contribution in [1.82, 2.24) is 0 Å². The Morgan fingerprint density at radius 2 is 0.766 bits per heavy atom. The van der Waals surface area contributed by atoms with E-state index in [1.54, 1.807) is 0 Å². The van der Waals surface area contributed by atoms with E-state index in [2.05, 4.69) is 26.0 Å². The van der Waals surface area contributed by atoms with Crippen molar-refractivity contribution in [3.05, 3.63) is 12.2 Å². The van der Waals surface area contributed by atoms with E-state index in [1.807, 2.05) is 0 Å². The SMILES string of the molecule is CCCCCCCC/C=C\CCCCCCCCCCCC(=O)OC(CCCCCCCCCCCC)CCCCCCCC(=O)O. The minimum atomic E-state index is -0.698. The van der Waals surface area contributed by atoms with Crippen LogP contribution in [0.4, 0.5) is 0 Å². The van der Waals surface area contributed by atoms with Crippen LogP contribution in [-0.4, -0.2) is 23.1 Å². The molecule has 47 heavy (non-hydrogen) atoms. The van der Waals surface area contributed by atoms with E-state index in [4.69, 9.17) is 9.84 Å². The Hall–Kier alpha value is -1.32. The van der Waals surface area contributed by atoms with Crippen LogP contribution in [0.1, 0.15) is 245 Å². The van der Waals surface area contributed by atoms with Crippen LogP contribution >= 0.6 is 0 Å². The second-order valence-corrected chi connectivity index (χ2v) is 14.5. The van der Waals surface area contributed by atoms with Gasteiger partial charge in [-0.1, -0.05) is 180 Å². The molecule has 0 aromatic rings. The lowest BCUT2D eigenvalue weighted by Gasteiger charge is -2.18. The van der Waals surface area contributed by atoms with E-state index < -0.39 is 5.97 Å². The van der Waals surface area contributed by atoms with Crippen LogP contribution in [0, 0.1) is 0 Å². The quantitative estimate of drug-likeness (QED) is 0.0404. The molecule has 0 rings (SSSR count). The van der Waals surface area contributed by atoms with Crippen molar-refractivity contribution in [2.45, 2.75) is 251 Å². The molecule has 1 unspecified atom stereocenters. The van der Waals surface area contributed by atoms with E-state index in [-0.39, 0.29) is 18.5 Å². The van der Waals surface area contributed by atoms with Crippen LogP contribution in [0.25, 0.3) is 0 Å². The number of esters is 1. The first-order valence-corrected chi connectivity index (χ1v) is 21.2. The Balaban J connectivity index is 3.90. The Kier molecular flexibility index (Phi) is 38.0. The van der Waals surface area contributed by atoms with Crippen molar-refractivity contribution >= 4 is 11.9 Å². The van der Waals surface area contributed by atoms with Gasteiger partial charge in [-0.25, -0.2) is 0 Å². The van der Waals surface area contributed by atoms with E-state index >= 15 is 0 Å². The number of carbonyl (C=O) groups excluding carboxylic acids is 1. The van der Waals surface area contributed by atoms with Gasteiger partial charge in [-0.2, -0.15) is 0 Å². The molecule has 0 aromatic heterocycles. The van der Waals surface area contributed by atoms with Crippen molar-refractivity contribution in [3.63, 3.8) is 0 Å². The topological polar surface area (TPSA) is 63.6 Å². The van der Waals surface area contributed by atoms with Crippen molar-refractivity contribution in [1.29, 1.82) is 0 Å². The number of unbranched alkanes of at least 4 members (excludes halogenated alkanes) is 28. The molecule has 0 fully saturated rings. The molecule has 0 aromatic carbocycles.